The maximum Gasteiger partial charge on any atom is 0.150 e. The molecule has 5 nitrogen and oxygen atoms in total. The molecule has 2 aromatic heterocycles. The Morgan fingerprint density at radius 3 is 2.66 bits per heavy atom. The van der Waals surface area contributed by atoms with Gasteiger partial charge < -0.3 is 14.6 Å². The Balaban J connectivity index is 1.65. The highest BCUT2D eigenvalue weighted by molar-refractivity contribution is 6.02. The molecule has 4 aromatic rings. The van der Waals surface area contributed by atoms with Gasteiger partial charge in [0.1, 0.15) is 18.0 Å². The third-order valence-electron chi connectivity index (χ3n) is 5.29. The fourth-order valence-corrected chi connectivity index (χ4v) is 3.85. The minimum atomic E-state index is -0.262. The van der Waals surface area contributed by atoms with Crippen molar-refractivity contribution < 1.29 is 9.13 Å². The summed E-state index contributed by atoms with van der Waals surface area (Å²) in [6.07, 6.45) is 5.97. The Morgan fingerprint density at radius 1 is 1.07 bits per heavy atom. The van der Waals surface area contributed by atoms with Crippen LogP contribution in [-0.4, -0.2) is 33.8 Å². The Morgan fingerprint density at radius 2 is 1.90 bits per heavy atom. The van der Waals surface area contributed by atoms with Crippen molar-refractivity contribution in [1.82, 2.24) is 14.5 Å². The highest BCUT2D eigenvalue weighted by Crippen LogP contribution is 2.35. The average Bonchev–Trinajstić information content (AvgIpc) is 3.42. The summed E-state index contributed by atoms with van der Waals surface area (Å²) in [5, 5.41) is 4.41. The summed E-state index contributed by atoms with van der Waals surface area (Å²) in [6.45, 7) is 1.53. The summed E-state index contributed by atoms with van der Waals surface area (Å²) in [5.41, 5.74) is 3.73. The van der Waals surface area contributed by atoms with Crippen molar-refractivity contribution in [3.63, 3.8) is 0 Å². The molecular formula is C23H21FN4O. The van der Waals surface area contributed by atoms with Gasteiger partial charge in [0.15, 0.2) is 5.65 Å². The maximum absolute atomic E-state index is 13.4. The molecule has 0 saturated carbocycles. The molecule has 1 aliphatic heterocycles. The number of hydrogen-bond donors (Lipinski definition) is 1. The molecule has 0 aliphatic carbocycles. The molecule has 1 atom stereocenters. The second-order valence-electron chi connectivity index (χ2n) is 7.19. The van der Waals surface area contributed by atoms with E-state index in [1.807, 2.05) is 29.0 Å². The largest absolute Gasteiger partial charge is 0.376 e. The average molecular weight is 388 g/mol. The van der Waals surface area contributed by atoms with Gasteiger partial charge >= 0.3 is 0 Å². The molecule has 1 unspecified atom stereocenters. The lowest BCUT2D eigenvalue weighted by Crippen LogP contribution is -2.19. The summed E-state index contributed by atoms with van der Waals surface area (Å²) in [7, 11) is 0. The molecule has 5 rings (SSSR count). The Labute approximate surface area is 168 Å². The normalized spacial score (nSPS) is 16.4. The van der Waals surface area contributed by atoms with Crippen LogP contribution in [0.25, 0.3) is 27.8 Å². The van der Waals surface area contributed by atoms with Gasteiger partial charge in [0.05, 0.1) is 11.5 Å². The summed E-state index contributed by atoms with van der Waals surface area (Å²) < 4.78 is 21.2. The molecule has 1 fully saturated rings. The van der Waals surface area contributed by atoms with Gasteiger partial charge in [0.2, 0.25) is 0 Å². The fraction of sp³-hybridized carbons (Fsp3) is 0.217. The van der Waals surface area contributed by atoms with Crippen LogP contribution in [0.1, 0.15) is 12.8 Å². The number of anilines is 1. The molecule has 1 N–H and O–H groups in total. The van der Waals surface area contributed by atoms with E-state index < -0.39 is 0 Å². The van der Waals surface area contributed by atoms with Gasteiger partial charge in [-0.05, 0) is 42.7 Å². The molecule has 0 spiro atoms. The lowest BCUT2D eigenvalue weighted by molar-refractivity contribution is 0.120. The maximum atomic E-state index is 13.4. The Kier molecular flexibility index (Phi) is 4.69. The first-order chi connectivity index (χ1) is 14.3. The van der Waals surface area contributed by atoms with Crippen molar-refractivity contribution in [3.05, 3.63) is 72.9 Å². The second-order valence-corrected chi connectivity index (χ2v) is 7.19. The highest BCUT2D eigenvalue weighted by Gasteiger charge is 2.19. The molecule has 0 amide bonds. The summed E-state index contributed by atoms with van der Waals surface area (Å²) in [4.78, 5) is 9.08. The van der Waals surface area contributed by atoms with Gasteiger partial charge in [-0.25, -0.2) is 14.4 Å². The quantitative estimate of drug-likeness (QED) is 0.533. The third-order valence-corrected chi connectivity index (χ3v) is 5.29. The van der Waals surface area contributed by atoms with Crippen molar-refractivity contribution >= 4 is 16.9 Å². The van der Waals surface area contributed by atoms with Crippen molar-refractivity contribution in [2.24, 2.45) is 0 Å². The zero-order valence-electron chi connectivity index (χ0n) is 15.9. The number of rotatable bonds is 5. The first-order valence-electron chi connectivity index (χ1n) is 9.82. The fourth-order valence-electron chi connectivity index (χ4n) is 3.85. The summed E-state index contributed by atoms with van der Waals surface area (Å²) in [5.74, 6) is 0.521. The monoisotopic (exact) mass is 388 g/mol. The van der Waals surface area contributed by atoms with Gasteiger partial charge in [-0.2, -0.15) is 0 Å². The second kappa shape index (κ2) is 7.64. The van der Waals surface area contributed by atoms with Crippen molar-refractivity contribution in [2.45, 2.75) is 18.9 Å². The molecule has 2 aromatic carbocycles. The minimum absolute atomic E-state index is 0.208. The van der Waals surface area contributed by atoms with Crippen LogP contribution in [0.4, 0.5) is 10.2 Å². The number of nitrogens with one attached hydrogen (secondary N) is 1. The number of hydrogen-bond acceptors (Lipinski definition) is 4. The van der Waals surface area contributed by atoms with Gasteiger partial charge in [0, 0.05) is 30.6 Å². The molecule has 3 heterocycles. The number of aromatic nitrogens is 3. The van der Waals surface area contributed by atoms with Gasteiger partial charge in [-0.3, -0.25) is 0 Å². The van der Waals surface area contributed by atoms with E-state index in [4.69, 9.17) is 4.74 Å². The van der Waals surface area contributed by atoms with E-state index in [1.165, 1.54) is 12.1 Å². The zero-order valence-corrected chi connectivity index (χ0v) is 15.9. The predicted molar refractivity (Wildman–Crippen MR) is 112 cm³/mol. The van der Waals surface area contributed by atoms with Crippen LogP contribution in [0.2, 0.25) is 0 Å². The molecule has 0 bridgehead atoms. The van der Waals surface area contributed by atoms with Crippen molar-refractivity contribution in [1.29, 1.82) is 0 Å². The van der Waals surface area contributed by atoms with E-state index in [-0.39, 0.29) is 11.9 Å². The Hall–Kier alpha value is -3.25. The van der Waals surface area contributed by atoms with Crippen molar-refractivity contribution in [3.8, 4) is 16.8 Å². The third kappa shape index (κ3) is 3.47. The van der Waals surface area contributed by atoms with Crippen LogP contribution in [-0.2, 0) is 4.74 Å². The van der Waals surface area contributed by atoms with Crippen LogP contribution < -0.4 is 5.32 Å². The molecule has 6 heteroatoms. The Bertz CT molecular complexity index is 1120. The first-order valence-corrected chi connectivity index (χ1v) is 9.82. The van der Waals surface area contributed by atoms with E-state index in [1.54, 1.807) is 18.5 Å². The van der Waals surface area contributed by atoms with Crippen LogP contribution in [0, 0.1) is 5.82 Å². The van der Waals surface area contributed by atoms with Gasteiger partial charge in [0.25, 0.3) is 0 Å². The topological polar surface area (TPSA) is 52.0 Å². The van der Waals surface area contributed by atoms with E-state index in [9.17, 15) is 4.39 Å². The number of nitrogens with zero attached hydrogens (tertiary/aromatic N) is 3. The molecule has 1 aliphatic rings. The van der Waals surface area contributed by atoms with Gasteiger partial charge in [-0.15, -0.1) is 0 Å². The number of benzene rings is 2. The number of ether oxygens (including phenoxy) is 1. The summed E-state index contributed by atoms with van der Waals surface area (Å²) >= 11 is 0. The standard InChI is InChI=1S/C23H21FN4O/c24-17-8-10-18(11-9-17)28-14-20(16-5-2-1-3-6-16)21-22(26-15-27-23(21)28)25-13-19-7-4-12-29-19/h1-3,5-6,8-11,14-15,19H,4,7,12-13H2,(H,25,26,27). The predicted octanol–water partition coefficient (Wildman–Crippen LogP) is 4.82. The van der Waals surface area contributed by atoms with Crippen LogP contribution >= 0.6 is 0 Å². The SMILES string of the molecule is Fc1ccc(-n2cc(-c3ccccc3)c3c(NCC4CCCO4)ncnc32)cc1. The molecule has 1 saturated heterocycles. The summed E-state index contributed by atoms with van der Waals surface area (Å²) in [6, 6.07) is 16.6. The minimum Gasteiger partial charge on any atom is -0.376 e. The first kappa shape index (κ1) is 17.8. The van der Waals surface area contributed by atoms with E-state index in [0.717, 1.165) is 53.1 Å². The number of fused-ring (bicyclic) bond motifs is 1. The molecule has 146 valence electrons. The smallest absolute Gasteiger partial charge is 0.150 e. The van der Waals surface area contributed by atoms with Gasteiger partial charge in [-0.1, -0.05) is 30.3 Å². The highest BCUT2D eigenvalue weighted by atomic mass is 19.1. The van der Waals surface area contributed by atoms with Crippen molar-refractivity contribution in [2.75, 3.05) is 18.5 Å². The lowest BCUT2D eigenvalue weighted by Gasteiger charge is -2.12. The zero-order chi connectivity index (χ0) is 19.6. The molecule has 29 heavy (non-hydrogen) atoms. The van der Waals surface area contributed by atoms with E-state index in [0.29, 0.717) is 6.54 Å². The van der Waals surface area contributed by atoms with E-state index >= 15 is 0 Å². The lowest BCUT2D eigenvalue weighted by atomic mass is 10.1. The van der Waals surface area contributed by atoms with Crippen LogP contribution in [0.3, 0.4) is 0 Å². The van der Waals surface area contributed by atoms with Crippen LogP contribution in [0.5, 0.6) is 0 Å². The van der Waals surface area contributed by atoms with Crippen LogP contribution in [0.15, 0.2) is 67.1 Å². The molecule has 0 radical (unpaired) electrons. The van der Waals surface area contributed by atoms with E-state index in [2.05, 4.69) is 27.4 Å². The number of halogens is 1. The molecular weight excluding hydrogens is 367 g/mol.